The highest BCUT2D eigenvalue weighted by molar-refractivity contribution is 6.12. The average Bonchev–Trinajstić information content (AvgIpc) is 2.89. The number of pyridine rings is 1. The number of nitrogens with one attached hydrogen (secondary N) is 1. The van der Waals surface area contributed by atoms with Gasteiger partial charge in [-0.15, -0.1) is 0 Å². The van der Waals surface area contributed by atoms with Crippen molar-refractivity contribution in [2.24, 2.45) is 11.8 Å². The number of nitrogen functional groups attached to an aromatic ring is 1. The van der Waals surface area contributed by atoms with Crippen LogP contribution in [0.3, 0.4) is 0 Å². The maximum Gasteiger partial charge on any atom is 0.408 e. The van der Waals surface area contributed by atoms with Gasteiger partial charge in [-0.05, 0) is 55.9 Å². The third kappa shape index (κ3) is 5.70. The number of amides is 4. The third-order valence-electron chi connectivity index (χ3n) is 7.12. The summed E-state index contributed by atoms with van der Waals surface area (Å²) in [6.45, 7) is 1.78. The van der Waals surface area contributed by atoms with Crippen LogP contribution < -0.4 is 16.0 Å². The summed E-state index contributed by atoms with van der Waals surface area (Å²) in [5, 5.41) is 2.04. The summed E-state index contributed by atoms with van der Waals surface area (Å²) >= 11 is 0. The van der Waals surface area contributed by atoms with E-state index in [0.29, 0.717) is 36.1 Å². The van der Waals surface area contributed by atoms with Gasteiger partial charge in [-0.25, -0.2) is 19.7 Å². The lowest BCUT2D eigenvalue weighted by Crippen LogP contribution is -2.72. The molecule has 2 aromatic heterocycles. The second kappa shape index (κ2) is 11.3. The van der Waals surface area contributed by atoms with E-state index >= 15 is 0 Å². The number of hydrogen-bond acceptors (Lipinski definition) is 7. The first-order valence-electron chi connectivity index (χ1n) is 12.6. The fourth-order valence-corrected chi connectivity index (χ4v) is 5.25. The van der Waals surface area contributed by atoms with Crippen molar-refractivity contribution in [3.63, 3.8) is 0 Å². The van der Waals surface area contributed by atoms with E-state index in [1.54, 1.807) is 19.1 Å². The van der Waals surface area contributed by atoms with Crippen LogP contribution >= 0.6 is 0 Å². The fourth-order valence-electron chi connectivity index (χ4n) is 5.25. The molecule has 1 saturated heterocycles. The lowest BCUT2D eigenvalue weighted by atomic mass is 9.81. The minimum absolute atomic E-state index is 0.0459. The van der Waals surface area contributed by atoms with Crippen molar-refractivity contribution in [1.82, 2.24) is 25.2 Å². The number of hydrogen-bond donors (Lipinski definition) is 2. The molecule has 0 radical (unpaired) electrons. The highest BCUT2D eigenvalue weighted by Crippen LogP contribution is 2.37. The first-order valence-corrected chi connectivity index (χ1v) is 12.6. The number of anilines is 2. The van der Waals surface area contributed by atoms with Gasteiger partial charge in [-0.2, -0.15) is 13.2 Å². The lowest BCUT2D eigenvalue weighted by Gasteiger charge is -2.46. The summed E-state index contributed by atoms with van der Waals surface area (Å²) in [6, 6.07) is 0.0238. The average molecular weight is 534 g/mol. The van der Waals surface area contributed by atoms with Crippen molar-refractivity contribution in [1.29, 1.82) is 0 Å². The Morgan fingerprint density at radius 1 is 1.16 bits per heavy atom. The van der Waals surface area contributed by atoms with Crippen molar-refractivity contribution in [3.8, 4) is 0 Å². The lowest BCUT2D eigenvalue weighted by molar-refractivity contribution is -0.170. The maximum atomic E-state index is 14.0. The van der Waals surface area contributed by atoms with Crippen molar-refractivity contribution >= 4 is 29.6 Å². The van der Waals surface area contributed by atoms with Crippen molar-refractivity contribution in [2.75, 3.05) is 17.2 Å². The van der Waals surface area contributed by atoms with E-state index in [1.165, 1.54) is 29.6 Å². The molecular weight excluding hydrogens is 503 g/mol. The molecule has 0 bridgehead atoms. The molecule has 10 nitrogen and oxygen atoms in total. The van der Waals surface area contributed by atoms with Gasteiger partial charge in [-0.1, -0.05) is 19.3 Å². The standard InChI is InChI=1S/C25H30F3N7O3/c1-2-34(23-31-10-6-11-32-23)22(37)19-17(13-15-9-12-30-18(29)14-15)21(36)35(19)24(38)33-20(25(26,27)28)16-7-4-3-5-8-16/h6,9-12,14,16-17,19-20H,2-5,7-8,13H2,1H3,(H2,29,30)(H,33,38)/t17?,19-,20-/m0/s1. The second-order valence-electron chi connectivity index (χ2n) is 9.55. The number of carbonyl (C=O) groups excluding carboxylic acids is 3. The van der Waals surface area contributed by atoms with E-state index in [0.717, 1.165) is 6.42 Å². The summed E-state index contributed by atoms with van der Waals surface area (Å²) in [5.74, 6) is -2.93. The molecule has 1 aliphatic carbocycles. The summed E-state index contributed by atoms with van der Waals surface area (Å²) in [6.07, 6.45) is 2.41. The van der Waals surface area contributed by atoms with Crippen molar-refractivity contribution in [2.45, 2.75) is 63.7 Å². The molecule has 38 heavy (non-hydrogen) atoms. The molecule has 3 N–H and O–H groups in total. The SMILES string of the molecule is CCN(C(=O)[C@@H]1C(Cc2ccnc(N)c2)C(=O)N1C(=O)N[C@@H](C1CCCCC1)C(F)(F)F)c1ncccn1. The zero-order chi connectivity index (χ0) is 27.4. The highest BCUT2D eigenvalue weighted by Gasteiger charge is 2.57. The molecule has 4 rings (SSSR count). The van der Waals surface area contributed by atoms with Gasteiger partial charge in [0.05, 0.1) is 5.92 Å². The van der Waals surface area contributed by atoms with Crippen molar-refractivity contribution < 1.29 is 27.6 Å². The number of nitrogens with zero attached hydrogens (tertiary/aromatic N) is 5. The van der Waals surface area contributed by atoms with Crippen LogP contribution in [0.4, 0.5) is 29.7 Å². The van der Waals surface area contributed by atoms with Gasteiger partial charge in [0, 0.05) is 25.1 Å². The minimum atomic E-state index is -4.70. The quantitative estimate of drug-likeness (QED) is 0.522. The number of halogens is 3. The van der Waals surface area contributed by atoms with Gasteiger partial charge in [0.2, 0.25) is 11.9 Å². The molecule has 204 valence electrons. The topological polar surface area (TPSA) is 134 Å². The molecule has 0 spiro atoms. The van der Waals surface area contributed by atoms with Crippen LogP contribution in [-0.2, 0) is 16.0 Å². The summed E-state index contributed by atoms with van der Waals surface area (Å²) < 4.78 is 41.9. The van der Waals surface area contributed by atoms with E-state index in [1.807, 2.05) is 5.32 Å². The van der Waals surface area contributed by atoms with Gasteiger partial charge in [0.15, 0.2) is 0 Å². The molecular formula is C25H30F3N7O3. The molecule has 2 aromatic rings. The van der Waals surface area contributed by atoms with E-state index < -0.39 is 47.9 Å². The molecule has 2 aliphatic rings. The Balaban J connectivity index is 1.62. The molecule has 13 heteroatoms. The predicted octanol–water partition coefficient (Wildman–Crippen LogP) is 3.10. The fraction of sp³-hybridized carbons (Fsp3) is 0.520. The van der Waals surface area contributed by atoms with Crippen molar-refractivity contribution in [3.05, 3.63) is 42.4 Å². The van der Waals surface area contributed by atoms with Gasteiger partial charge < -0.3 is 11.1 Å². The number of carbonyl (C=O) groups is 3. The summed E-state index contributed by atoms with van der Waals surface area (Å²) in [4.78, 5) is 54.0. The van der Waals surface area contributed by atoms with E-state index in [-0.39, 0.29) is 24.7 Å². The number of likely N-dealkylation sites (tertiary alicyclic amines) is 1. The van der Waals surface area contributed by atoms with E-state index in [2.05, 4.69) is 15.0 Å². The monoisotopic (exact) mass is 533 g/mol. The first-order chi connectivity index (χ1) is 18.1. The zero-order valence-electron chi connectivity index (χ0n) is 20.9. The molecule has 1 unspecified atom stereocenters. The van der Waals surface area contributed by atoms with Crippen LogP contribution in [0.15, 0.2) is 36.8 Å². The van der Waals surface area contributed by atoms with E-state index in [4.69, 9.17) is 5.73 Å². The number of urea groups is 1. The first kappa shape index (κ1) is 27.3. The molecule has 1 aliphatic heterocycles. The van der Waals surface area contributed by atoms with Gasteiger partial charge in [0.1, 0.15) is 17.9 Å². The van der Waals surface area contributed by atoms with Gasteiger partial charge >= 0.3 is 12.2 Å². The number of likely N-dealkylation sites (N-methyl/N-ethyl adjacent to an activating group) is 1. The molecule has 1 saturated carbocycles. The maximum absolute atomic E-state index is 14.0. The van der Waals surface area contributed by atoms with Crippen LogP contribution in [0, 0.1) is 11.8 Å². The Morgan fingerprint density at radius 2 is 1.84 bits per heavy atom. The molecule has 0 aromatic carbocycles. The number of imide groups is 1. The number of alkyl halides is 3. The van der Waals surface area contributed by atoms with Crippen LogP contribution in [-0.4, -0.2) is 62.5 Å². The normalized spacial score (nSPS) is 20.9. The Morgan fingerprint density at radius 3 is 2.45 bits per heavy atom. The number of nitrogens with two attached hydrogens (primary N) is 1. The minimum Gasteiger partial charge on any atom is -0.384 e. The van der Waals surface area contributed by atoms with Crippen LogP contribution in [0.25, 0.3) is 0 Å². The molecule has 4 amide bonds. The number of rotatable bonds is 7. The largest absolute Gasteiger partial charge is 0.408 e. The van der Waals surface area contributed by atoms with Crippen LogP contribution in [0.1, 0.15) is 44.6 Å². The molecule has 3 heterocycles. The smallest absolute Gasteiger partial charge is 0.384 e. The third-order valence-corrected chi connectivity index (χ3v) is 7.12. The number of β-lactam (4-membered cyclic amide) rings is 1. The predicted molar refractivity (Wildman–Crippen MR) is 131 cm³/mol. The second-order valence-corrected chi connectivity index (χ2v) is 9.55. The van der Waals surface area contributed by atoms with Gasteiger partial charge in [0.25, 0.3) is 5.91 Å². The zero-order valence-corrected chi connectivity index (χ0v) is 20.9. The molecule has 2 fully saturated rings. The Bertz CT molecular complexity index is 1160. The summed E-state index contributed by atoms with van der Waals surface area (Å²) in [7, 11) is 0. The Hall–Kier alpha value is -3.77. The van der Waals surface area contributed by atoms with Crippen LogP contribution in [0.2, 0.25) is 0 Å². The highest BCUT2D eigenvalue weighted by atomic mass is 19.4. The van der Waals surface area contributed by atoms with Crippen LogP contribution in [0.5, 0.6) is 0 Å². The van der Waals surface area contributed by atoms with Gasteiger partial charge in [-0.3, -0.25) is 19.4 Å². The Labute approximate surface area is 217 Å². The number of aromatic nitrogens is 3. The Kier molecular flexibility index (Phi) is 8.12. The van der Waals surface area contributed by atoms with E-state index in [9.17, 15) is 27.6 Å². The summed E-state index contributed by atoms with van der Waals surface area (Å²) in [5.41, 5.74) is 6.34. The molecule has 3 atom stereocenters.